The van der Waals surface area contributed by atoms with Crippen LogP contribution in [0.15, 0.2) is 35.1 Å². The summed E-state index contributed by atoms with van der Waals surface area (Å²) < 4.78 is 6.55. The molecule has 0 aromatic rings. The van der Waals surface area contributed by atoms with Crippen molar-refractivity contribution in [3.05, 3.63) is 35.1 Å². The van der Waals surface area contributed by atoms with E-state index in [1.54, 1.807) is 5.57 Å². The molecule has 0 saturated heterocycles. The molecule has 5 aliphatic rings. The van der Waals surface area contributed by atoms with Crippen LogP contribution in [0.1, 0.15) is 79.1 Å². The third-order valence-corrected chi connectivity index (χ3v) is 9.70. The predicted octanol–water partition coefficient (Wildman–Crippen LogP) is 6.63. The van der Waals surface area contributed by atoms with Crippen molar-refractivity contribution >= 4 is 5.78 Å². The SMILES string of the molecule is CC1=C(CCC(C)C)OC[C@]23CC[C@H]4[C@@H](CCC5=CC(=O)C=C[C@@]54C)[C@@H]2CC[C@H]13. The minimum absolute atomic E-state index is 0.110. The first kappa shape index (κ1) is 19.6. The Balaban J connectivity index is 1.42. The Hall–Kier alpha value is -1.31. The molecule has 1 spiro atoms. The van der Waals surface area contributed by atoms with E-state index in [1.807, 2.05) is 12.2 Å². The van der Waals surface area contributed by atoms with Gasteiger partial charge in [-0.2, -0.15) is 0 Å². The van der Waals surface area contributed by atoms with E-state index >= 15 is 0 Å². The maximum atomic E-state index is 12.0. The number of allylic oxidation sites excluding steroid dienone is 6. The Labute approximate surface area is 176 Å². The van der Waals surface area contributed by atoms with Gasteiger partial charge in [-0.15, -0.1) is 0 Å². The van der Waals surface area contributed by atoms with Crippen LogP contribution in [0.5, 0.6) is 0 Å². The average molecular weight is 395 g/mol. The number of fused-ring (bicyclic) bond motifs is 4. The summed E-state index contributed by atoms with van der Waals surface area (Å²) in [6, 6.07) is 0. The zero-order chi connectivity index (χ0) is 20.4. The number of ether oxygens (including phenoxy) is 1. The predicted molar refractivity (Wildman–Crippen MR) is 117 cm³/mol. The van der Waals surface area contributed by atoms with Gasteiger partial charge in [-0.25, -0.2) is 0 Å². The number of hydrogen-bond donors (Lipinski definition) is 0. The summed E-state index contributed by atoms with van der Waals surface area (Å²) in [6.07, 6.45) is 16.1. The molecular formula is C27H38O2. The van der Waals surface area contributed by atoms with Crippen molar-refractivity contribution in [2.75, 3.05) is 6.61 Å². The van der Waals surface area contributed by atoms with Gasteiger partial charge in [-0.1, -0.05) is 32.4 Å². The molecule has 1 heterocycles. The summed E-state index contributed by atoms with van der Waals surface area (Å²) in [6.45, 7) is 10.4. The lowest BCUT2D eigenvalue weighted by Crippen LogP contribution is -2.53. The minimum atomic E-state index is 0.110. The monoisotopic (exact) mass is 394 g/mol. The Bertz CT molecular complexity index is 799. The highest BCUT2D eigenvalue weighted by atomic mass is 16.5. The van der Waals surface area contributed by atoms with Crippen molar-refractivity contribution in [3.8, 4) is 0 Å². The molecule has 6 atom stereocenters. The number of ketones is 1. The highest BCUT2D eigenvalue weighted by Gasteiger charge is 2.62. The maximum absolute atomic E-state index is 12.0. The normalized spacial score (nSPS) is 43.3. The molecule has 0 aromatic heterocycles. The third-order valence-electron chi connectivity index (χ3n) is 9.70. The molecule has 0 radical (unpaired) electrons. The van der Waals surface area contributed by atoms with Gasteiger partial charge >= 0.3 is 0 Å². The van der Waals surface area contributed by atoms with Gasteiger partial charge in [-0.05, 0) is 99.2 Å². The largest absolute Gasteiger partial charge is 0.497 e. The maximum Gasteiger partial charge on any atom is 0.178 e. The third kappa shape index (κ3) is 2.84. The van der Waals surface area contributed by atoms with Crippen LogP contribution >= 0.6 is 0 Å². The lowest BCUT2D eigenvalue weighted by Gasteiger charge is -2.58. The summed E-state index contributed by atoms with van der Waals surface area (Å²) >= 11 is 0. The first-order chi connectivity index (χ1) is 13.8. The second-order valence-corrected chi connectivity index (χ2v) is 11.3. The molecule has 158 valence electrons. The standard InChI is InChI=1S/C27H38O2/c1-17(2)5-10-25-18(3)22-8-9-24-21-7-6-19-15-20(28)11-13-26(19,4)23(21)12-14-27(22,24)16-29-25/h11,13,15,17,21-24H,5-10,12,14,16H2,1-4H3/t21-,22-,23+,24+,26+,27+/m1/s1. The molecule has 0 amide bonds. The van der Waals surface area contributed by atoms with E-state index in [2.05, 4.69) is 33.8 Å². The van der Waals surface area contributed by atoms with Gasteiger partial charge in [0.25, 0.3) is 0 Å². The molecule has 0 unspecified atom stereocenters. The van der Waals surface area contributed by atoms with E-state index in [0.29, 0.717) is 11.3 Å². The molecule has 29 heavy (non-hydrogen) atoms. The van der Waals surface area contributed by atoms with Crippen LogP contribution in [0.2, 0.25) is 0 Å². The van der Waals surface area contributed by atoms with Crippen LogP contribution in [0, 0.1) is 40.4 Å². The number of carbonyl (C=O) groups excluding carboxylic acids is 1. The van der Waals surface area contributed by atoms with Gasteiger partial charge < -0.3 is 4.74 Å². The molecule has 3 saturated carbocycles. The van der Waals surface area contributed by atoms with Crippen molar-refractivity contribution in [3.63, 3.8) is 0 Å². The van der Waals surface area contributed by atoms with Crippen LogP contribution in [-0.4, -0.2) is 12.4 Å². The van der Waals surface area contributed by atoms with Crippen LogP contribution in [-0.2, 0) is 9.53 Å². The van der Waals surface area contributed by atoms with Crippen LogP contribution in [0.4, 0.5) is 0 Å². The smallest absolute Gasteiger partial charge is 0.178 e. The molecule has 4 aliphatic carbocycles. The molecule has 2 nitrogen and oxygen atoms in total. The second-order valence-electron chi connectivity index (χ2n) is 11.3. The van der Waals surface area contributed by atoms with Crippen LogP contribution < -0.4 is 0 Å². The summed E-state index contributed by atoms with van der Waals surface area (Å²) in [7, 11) is 0. The lowest BCUT2D eigenvalue weighted by molar-refractivity contribution is -0.111. The molecule has 5 rings (SSSR count). The van der Waals surface area contributed by atoms with Gasteiger partial charge in [0.15, 0.2) is 5.78 Å². The van der Waals surface area contributed by atoms with Gasteiger partial charge in [0, 0.05) is 17.3 Å². The van der Waals surface area contributed by atoms with Crippen LogP contribution in [0.25, 0.3) is 0 Å². The molecule has 2 heteroatoms. The van der Waals surface area contributed by atoms with E-state index in [1.165, 1.54) is 49.9 Å². The van der Waals surface area contributed by atoms with Gasteiger partial charge in [-0.3, -0.25) is 4.79 Å². The summed E-state index contributed by atoms with van der Waals surface area (Å²) in [5.74, 6) is 5.30. The minimum Gasteiger partial charge on any atom is -0.497 e. The zero-order valence-corrected chi connectivity index (χ0v) is 18.8. The first-order valence-electron chi connectivity index (χ1n) is 12.1. The first-order valence-corrected chi connectivity index (χ1v) is 12.1. The highest BCUT2D eigenvalue weighted by Crippen LogP contribution is 2.68. The van der Waals surface area contributed by atoms with Gasteiger partial charge in [0.2, 0.25) is 0 Å². The number of carbonyl (C=O) groups is 1. The number of rotatable bonds is 3. The summed E-state index contributed by atoms with van der Waals surface area (Å²) in [5.41, 5.74) is 3.49. The second kappa shape index (κ2) is 6.86. The van der Waals surface area contributed by atoms with Crippen molar-refractivity contribution in [1.29, 1.82) is 0 Å². The van der Waals surface area contributed by atoms with E-state index in [9.17, 15) is 4.79 Å². The fourth-order valence-corrected chi connectivity index (χ4v) is 8.15. The molecule has 0 aromatic carbocycles. The summed E-state index contributed by atoms with van der Waals surface area (Å²) in [4.78, 5) is 12.0. The zero-order valence-electron chi connectivity index (χ0n) is 18.8. The fraction of sp³-hybridized carbons (Fsp3) is 0.741. The topological polar surface area (TPSA) is 26.3 Å². The van der Waals surface area contributed by atoms with Gasteiger partial charge in [0.1, 0.15) is 0 Å². The molecule has 0 bridgehead atoms. The fourth-order valence-electron chi connectivity index (χ4n) is 8.15. The van der Waals surface area contributed by atoms with E-state index in [-0.39, 0.29) is 11.2 Å². The Morgan fingerprint density at radius 1 is 1.17 bits per heavy atom. The average Bonchev–Trinajstić information content (AvgIpc) is 3.08. The van der Waals surface area contributed by atoms with Crippen molar-refractivity contribution in [2.45, 2.75) is 79.1 Å². The quantitative estimate of drug-likeness (QED) is 0.537. The lowest BCUT2D eigenvalue weighted by atomic mass is 9.47. The van der Waals surface area contributed by atoms with Crippen molar-refractivity contribution in [1.82, 2.24) is 0 Å². The molecular weight excluding hydrogens is 356 g/mol. The van der Waals surface area contributed by atoms with E-state index in [0.717, 1.165) is 43.1 Å². The molecule has 3 fully saturated rings. The van der Waals surface area contributed by atoms with Crippen molar-refractivity contribution in [2.24, 2.45) is 40.4 Å². The number of hydrogen-bond acceptors (Lipinski definition) is 2. The Morgan fingerprint density at radius 2 is 2.00 bits per heavy atom. The summed E-state index contributed by atoms with van der Waals surface area (Å²) in [5, 5.41) is 0. The van der Waals surface area contributed by atoms with Crippen molar-refractivity contribution < 1.29 is 9.53 Å². The molecule has 1 aliphatic heterocycles. The van der Waals surface area contributed by atoms with E-state index < -0.39 is 0 Å². The van der Waals surface area contributed by atoms with Gasteiger partial charge in [0.05, 0.1) is 12.4 Å². The molecule has 0 N–H and O–H groups in total. The van der Waals surface area contributed by atoms with Crippen LogP contribution in [0.3, 0.4) is 0 Å². The van der Waals surface area contributed by atoms with E-state index in [4.69, 9.17) is 4.74 Å². The Morgan fingerprint density at radius 3 is 2.79 bits per heavy atom. The highest BCUT2D eigenvalue weighted by molar-refractivity contribution is 6.01. The Kier molecular flexibility index (Phi) is 4.64.